The van der Waals surface area contributed by atoms with E-state index in [1.807, 2.05) is 17.0 Å². The van der Waals surface area contributed by atoms with Crippen LogP contribution < -0.4 is 4.74 Å². The zero-order valence-electron chi connectivity index (χ0n) is 13.7. The molecule has 2 aromatic rings. The second-order valence-corrected chi connectivity index (χ2v) is 6.72. The maximum Gasteiger partial charge on any atom is 0.260 e. The van der Waals surface area contributed by atoms with Crippen molar-refractivity contribution in [1.82, 2.24) is 14.8 Å². The topological polar surface area (TPSA) is 45.7 Å². The highest BCUT2D eigenvalue weighted by atomic mass is 35.5. The van der Waals surface area contributed by atoms with Crippen LogP contribution >= 0.6 is 23.2 Å². The van der Waals surface area contributed by atoms with Crippen molar-refractivity contribution in [3.63, 3.8) is 0 Å². The van der Waals surface area contributed by atoms with E-state index in [9.17, 15) is 4.79 Å². The van der Waals surface area contributed by atoms with Crippen molar-refractivity contribution in [1.29, 1.82) is 0 Å². The van der Waals surface area contributed by atoms with Gasteiger partial charge in [0.2, 0.25) is 0 Å². The third kappa shape index (κ3) is 5.08. The van der Waals surface area contributed by atoms with Gasteiger partial charge in [-0.15, -0.1) is 0 Å². The van der Waals surface area contributed by atoms with E-state index in [0.29, 0.717) is 28.9 Å². The highest BCUT2D eigenvalue weighted by Gasteiger charge is 2.21. The molecule has 0 unspecified atom stereocenters. The van der Waals surface area contributed by atoms with E-state index in [-0.39, 0.29) is 12.5 Å². The van der Waals surface area contributed by atoms with Gasteiger partial charge in [0, 0.05) is 50.1 Å². The van der Waals surface area contributed by atoms with E-state index in [1.165, 1.54) is 5.56 Å². The lowest BCUT2D eigenvalue weighted by molar-refractivity contribution is -0.135. The normalized spacial score (nSPS) is 15.2. The van der Waals surface area contributed by atoms with E-state index in [1.54, 1.807) is 30.6 Å². The molecule has 1 amide bonds. The zero-order valence-corrected chi connectivity index (χ0v) is 15.2. The van der Waals surface area contributed by atoms with Gasteiger partial charge in [0.25, 0.3) is 5.91 Å². The average Bonchev–Trinajstić information content (AvgIpc) is 2.62. The molecular formula is C18H19Cl2N3O2. The van der Waals surface area contributed by atoms with Crippen LogP contribution in [0.4, 0.5) is 0 Å². The SMILES string of the molecule is O=C(COc1ccc(Cl)cc1Cl)N1CCN(Cc2ccncc2)CC1. The molecule has 1 aliphatic heterocycles. The fraction of sp³-hybridized carbons (Fsp3) is 0.333. The summed E-state index contributed by atoms with van der Waals surface area (Å²) in [6.07, 6.45) is 3.60. The Kier molecular flexibility index (Phi) is 6.13. The molecule has 3 rings (SSSR count). The number of piperazine rings is 1. The number of carbonyl (C=O) groups is 1. The lowest BCUT2D eigenvalue weighted by Crippen LogP contribution is -2.49. The number of benzene rings is 1. The number of pyridine rings is 1. The lowest BCUT2D eigenvalue weighted by Gasteiger charge is -2.34. The van der Waals surface area contributed by atoms with Crippen LogP contribution in [0, 0.1) is 0 Å². The van der Waals surface area contributed by atoms with Crippen molar-refractivity contribution in [3.05, 3.63) is 58.3 Å². The van der Waals surface area contributed by atoms with E-state index in [2.05, 4.69) is 9.88 Å². The van der Waals surface area contributed by atoms with Gasteiger partial charge in [0.05, 0.1) is 5.02 Å². The van der Waals surface area contributed by atoms with Gasteiger partial charge < -0.3 is 9.64 Å². The Hall–Kier alpha value is -1.82. The van der Waals surface area contributed by atoms with Gasteiger partial charge in [0.1, 0.15) is 5.75 Å². The summed E-state index contributed by atoms with van der Waals surface area (Å²) in [5, 5.41) is 0.941. The van der Waals surface area contributed by atoms with Crippen molar-refractivity contribution in [2.24, 2.45) is 0 Å². The first-order chi connectivity index (χ1) is 12.1. The molecule has 1 aromatic carbocycles. The minimum atomic E-state index is -0.0328. The van der Waals surface area contributed by atoms with Crippen molar-refractivity contribution in [2.45, 2.75) is 6.54 Å². The second-order valence-electron chi connectivity index (χ2n) is 5.88. The Morgan fingerprint density at radius 2 is 1.80 bits per heavy atom. The van der Waals surface area contributed by atoms with Crippen molar-refractivity contribution in [3.8, 4) is 5.75 Å². The Bertz CT molecular complexity index is 720. The molecule has 5 nitrogen and oxygen atoms in total. The molecule has 0 spiro atoms. The van der Waals surface area contributed by atoms with Crippen molar-refractivity contribution in [2.75, 3.05) is 32.8 Å². The summed E-state index contributed by atoms with van der Waals surface area (Å²) in [7, 11) is 0. The molecule has 0 atom stereocenters. The quantitative estimate of drug-likeness (QED) is 0.800. The van der Waals surface area contributed by atoms with Gasteiger partial charge >= 0.3 is 0 Å². The molecule has 132 valence electrons. The highest BCUT2D eigenvalue weighted by Crippen LogP contribution is 2.27. The Morgan fingerprint density at radius 3 is 2.48 bits per heavy atom. The average molecular weight is 380 g/mol. The first kappa shape index (κ1) is 18.0. The molecule has 0 N–H and O–H groups in total. The molecule has 0 bridgehead atoms. The van der Waals surface area contributed by atoms with Gasteiger partial charge in [-0.25, -0.2) is 0 Å². The summed E-state index contributed by atoms with van der Waals surface area (Å²) in [6.45, 7) is 3.93. The Labute approximate surface area is 157 Å². The minimum absolute atomic E-state index is 0.0221. The second kappa shape index (κ2) is 8.52. The molecule has 1 saturated heterocycles. The highest BCUT2D eigenvalue weighted by molar-refractivity contribution is 6.35. The predicted molar refractivity (Wildman–Crippen MR) is 98.1 cm³/mol. The predicted octanol–water partition coefficient (Wildman–Crippen LogP) is 3.11. The van der Waals surface area contributed by atoms with Crippen LogP contribution in [-0.2, 0) is 11.3 Å². The molecule has 0 saturated carbocycles. The van der Waals surface area contributed by atoms with Gasteiger partial charge in [0.15, 0.2) is 6.61 Å². The minimum Gasteiger partial charge on any atom is -0.482 e. The van der Waals surface area contributed by atoms with Crippen LogP contribution in [0.25, 0.3) is 0 Å². The van der Waals surface area contributed by atoms with Gasteiger partial charge in [-0.3, -0.25) is 14.7 Å². The van der Waals surface area contributed by atoms with Crippen LogP contribution in [0.5, 0.6) is 5.75 Å². The fourth-order valence-corrected chi connectivity index (χ4v) is 3.19. The molecule has 1 fully saturated rings. The largest absolute Gasteiger partial charge is 0.482 e. The smallest absolute Gasteiger partial charge is 0.260 e. The fourth-order valence-electron chi connectivity index (χ4n) is 2.72. The van der Waals surface area contributed by atoms with Crippen LogP contribution in [0.1, 0.15) is 5.56 Å². The summed E-state index contributed by atoms with van der Waals surface area (Å²) < 4.78 is 5.53. The van der Waals surface area contributed by atoms with Gasteiger partial charge in [-0.05, 0) is 35.9 Å². The number of hydrogen-bond acceptors (Lipinski definition) is 4. The number of hydrogen-bond donors (Lipinski definition) is 0. The first-order valence-electron chi connectivity index (χ1n) is 8.09. The van der Waals surface area contributed by atoms with E-state index in [4.69, 9.17) is 27.9 Å². The maximum atomic E-state index is 12.3. The molecular weight excluding hydrogens is 361 g/mol. The van der Waals surface area contributed by atoms with Gasteiger partial charge in [-0.2, -0.15) is 0 Å². The molecule has 2 heterocycles. The van der Waals surface area contributed by atoms with Crippen molar-refractivity contribution < 1.29 is 9.53 Å². The number of aromatic nitrogens is 1. The number of nitrogens with zero attached hydrogens (tertiary/aromatic N) is 3. The molecule has 0 radical (unpaired) electrons. The number of amides is 1. The first-order valence-corrected chi connectivity index (χ1v) is 8.84. The van der Waals surface area contributed by atoms with Gasteiger partial charge in [-0.1, -0.05) is 23.2 Å². The zero-order chi connectivity index (χ0) is 17.6. The number of ether oxygens (including phenoxy) is 1. The van der Waals surface area contributed by atoms with Crippen LogP contribution in [0.15, 0.2) is 42.7 Å². The summed E-state index contributed by atoms with van der Waals surface area (Å²) in [5.74, 6) is 0.435. The Balaban J connectivity index is 1.45. The summed E-state index contributed by atoms with van der Waals surface area (Å²) in [6, 6.07) is 8.99. The van der Waals surface area contributed by atoms with Crippen molar-refractivity contribution >= 4 is 29.1 Å². The molecule has 1 aliphatic rings. The summed E-state index contributed by atoms with van der Waals surface area (Å²) in [5.41, 5.74) is 1.23. The number of carbonyl (C=O) groups excluding carboxylic acids is 1. The summed E-state index contributed by atoms with van der Waals surface area (Å²) >= 11 is 11.9. The van der Waals surface area contributed by atoms with Crippen LogP contribution in [0.2, 0.25) is 10.0 Å². The molecule has 1 aromatic heterocycles. The van der Waals surface area contributed by atoms with E-state index in [0.717, 1.165) is 19.6 Å². The standard InChI is InChI=1S/C18H19Cl2N3O2/c19-15-1-2-17(16(20)11-15)25-13-18(24)23-9-7-22(8-10-23)12-14-3-5-21-6-4-14/h1-6,11H,7-10,12-13H2. The third-order valence-electron chi connectivity index (χ3n) is 4.13. The van der Waals surface area contributed by atoms with Crippen LogP contribution in [-0.4, -0.2) is 53.5 Å². The third-order valence-corrected chi connectivity index (χ3v) is 4.66. The Morgan fingerprint density at radius 1 is 1.08 bits per heavy atom. The molecule has 25 heavy (non-hydrogen) atoms. The van der Waals surface area contributed by atoms with Crippen LogP contribution in [0.3, 0.4) is 0 Å². The summed E-state index contributed by atoms with van der Waals surface area (Å²) in [4.78, 5) is 20.5. The monoisotopic (exact) mass is 379 g/mol. The lowest BCUT2D eigenvalue weighted by atomic mass is 10.2. The maximum absolute atomic E-state index is 12.3. The molecule has 0 aliphatic carbocycles. The molecule has 7 heteroatoms. The van der Waals surface area contributed by atoms with E-state index < -0.39 is 0 Å². The van der Waals surface area contributed by atoms with E-state index >= 15 is 0 Å². The number of rotatable bonds is 5. The number of halogens is 2.